The van der Waals surface area contributed by atoms with Gasteiger partial charge in [0.05, 0.1) is 4.88 Å². The van der Waals surface area contributed by atoms with Crippen molar-refractivity contribution in [1.29, 1.82) is 0 Å². The average Bonchev–Trinajstić information content (AvgIpc) is 2.61. The minimum absolute atomic E-state index is 0.147. The maximum Gasteiger partial charge on any atom is 0.204 e. The molecule has 0 aliphatic carbocycles. The Balaban J connectivity index is 2.51. The highest BCUT2D eigenvalue weighted by Gasteiger charge is 2.17. The Morgan fingerprint density at radius 3 is 2.47 bits per heavy atom. The van der Waals surface area contributed by atoms with E-state index in [0.717, 1.165) is 25.1 Å². The quantitative estimate of drug-likeness (QED) is 0.572. The summed E-state index contributed by atoms with van der Waals surface area (Å²) in [5.41, 5.74) is 3.05. The van der Waals surface area contributed by atoms with E-state index in [1.54, 1.807) is 11.3 Å². The highest BCUT2D eigenvalue weighted by Crippen LogP contribution is 2.26. The van der Waals surface area contributed by atoms with E-state index in [4.69, 9.17) is 0 Å². The fourth-order valence-electron chi connectivity index (χ4n) is 1.81. The molecule has 17 heavy (non-hydrogen) atoms. The minimum Gasteiger partial charge on any atom is -0.288 e. The van der Waals surface area contributed by atoms with Gasteiger partial charge in [-0.05, 0) is 66.6 Å². The number of thiophene rings is 1. The molecule has 0 aliphatic rings. The molecular weight excluding hydrogens is 343 g/mol. The molecule has 0 N–H and O–H groups in total. The van der Waals surface area contributed by atoms with E-state index >= 15 is 0 Å². The normalized spacial score (nSPS) is 10.6. The molecule has 0 spiro atoms. The van der Waals surface area contributed by atoms with Crippen molar-refractivity contribution in [3.63, 3.8) is 0 Å². The van der Waals surface area contributed by atoms with Gasteiger partial charge in [-0.15, -0.1) is 11.3 Å². The van der Waals surface area contributed by atoms with Crippen molar-refractivity contribution in [1.82, 2.24) is 0 Å². The Bertz CT molecular complexity index is 584. The first-order valence-corrected chi connectivity index (χ1v) is 7.27. The second-order valence-corrected chi connectivity index (χ2v) is 6.47. The van der Waals surface area contributed by atoms with Crippen LogP contribution in [0, 0.1) is 24.3 Å². The predicted octanol–water partition coefficient (Wildman–Crippen LogP) is 4.51. The van der Waals surface area contributed by atoms with Crippen LogP contribution >= 0.6 is 33.9 Å². The molecule has 0 amide bonds. The topological polar surface area (TPSA) is 17.1 Å². The van der Waals surface area contributed by atoms with Gasteiger partial charge in [0.2, 0.25) is 5.78 Å². The summed E-state index contributed by atoms with van der Waals surface area (Å²) in [6.07, 6.45) is 0. The van der Waals surface area contributed by atoms with Gasteiger partial charge in [-0.2, -0.15) is 0 Å². The summed E-state index contributed by atoms with van der Waals surface area (Å²) < 4.78 is 1.06. The van der Waals surface area contributed by atoms with Gasteiger partial charge in [0.1, 0.15) is 0 Å². The zero-order valence-corrected chi connectivity index (χ0v) is 13.0. The van der Waals surface area contributed by atoms with E-state index < -0.39 is 0 Å². The molecule has 1 heterocycles. The number of hydrogen-bond donors (Lipinski definition) is 0. The van der Waals surface area contributed by atoms with Crippen molar-refractivity contribution in [2.75, 3.05) is 0 Å². The van der Waals surface area contributed by atoms with Crippen molar-refractivity contribution in [3.05, 3.63) is 54.3 Å². The molecule has 88 valence electrons. The first-order valence-electron chi connectivity index (χ1n) is 5.37. The Kier molecular flexibility index (Phi) is 3.68. The molecule has 2 aromatic rings. The number of ketones is 1. The van der Waals surface area contributed by atoms with Gasteiger partial charge in [0.25, 0.3) is 0 Å². The molecule has 0 radical (unpaired) electrons. The van der Waals surface area contributed by atoms with Crippen molar-refractivity contribution < 1.29 is 4.79 Å². The zero-order chi connectivity index (χ0) is 12.6. The molecule has 0 aliphatic heterocycles. The number of rotatable bonds is 2. The Morgan fingerprint density at radius 1 is 1.18 bits per heavy atom. The lowest BCUT2D eigenvalue weighted by Crippen LogP contribution is -2.04. The van der Waals surface area contributed by atoms with Crippen LogP contribution in [-0.4, -0.2) is 5.78 Å². The van der Waals surface area contributed by atoms with Gasteiger partial charge in [-0.1, -0.05) is 12.1 Å². The molecule has 0 bridgehead atoms. The van der Waals surface area contributed by atoms with Crippen LogP contribution in [0.5, 0.6) is 0 Å². The van der Waals surface area contributed by atoms with Crippen LogP contribution in [-0.2, 0) is 0 Å². The smallest absolute Gasteiger partial charge is 0.204 e. The van der Waals surface area contributed by atoms with Crippen molar-refractivity contribution in [2.24, 2.45) is 0 Å². The summed E-state index contributed by atoms with van der Waals surface area (Å²) in [4.78, 5) is 14.5. The molecule has 0 saturated heterocycles. The van der Waals surface area contributed by atoms with E-state index in [0.29, 0.717) is 0 Å². The van der Waals surface area contributed by atoms with Crippen molar-refractivity contribution in [3.8, 4) is 0 Å². The zero-order valence-electron chi connectivity index (χ0n) is 10.0. The van der Waals surface area contributed by atoms with Crippen LogP contribution in [0.3, 0.4) is 0 Å². The number of benzene rings is 1. The van der Waals surface area contributed by atoms with E-state index in [1.165, 1.54) is 4.88 Å². The first-order chi connectivity index (χ1) is 8.00. The summed E-state index contributed by atoms with van der Waals surface area (Å²) in [5.74, 6) is 0.147. The molecule has 0 fully saturated rings. The number of hydrogen-bond acceptors (Lipinski definition) is 2. The monoisotopic (exact) mass is 356 g/mol. The molecule has 0 unspecified atom stereocenters. The summed E-state index contributed by atoms with van der Waals surface area (Å²) in [5, 5.41) is 0. The maximum absolute atomic E-state index is 12.5. The van der Waals surface area contributed by atoms with E-state index in [9.17, 15) is 4.79 Å². The maximum atomic E-state index is 12.5. The Morgan fingerprint density at radius 2 is 1.88 bits per heavy atom. The lowest BCUT2D eigenvalue weighted by molar-refractivity contribution is 0.104. The molecule has 1 nitrogen and oxygen atoms in total. The highest BCUT2D eigenvalue weighted by molar-refractivity contribution is 14.1. The predicted molar refractivity (Wildman–Crippen MR) is 81.1 cm³/mol. The SMILES string of the molecule is Cc1cc(C)c(C(=O)c2cccc(C)c2I)s1. The van der Waals surface area contributed by atoms with Crippen LogP contribution < -0.4 is 0 Å². The van der Waals surface area contributed by atoms with E-state index in [2.05, 4.69) is 28.7 Å². The van der Waals surface area contributed by atoms with Crippen molar-refractivity contribution >= 4 is 39.7 Å². The average molecular weight is 356 g/mol. The van der Waals surface area contributed by atoms with Gasteiger partial charge >= 0.3 is 0 Å². The fourth-order valence-corrected chi connectivity index (χ4v) is 3.40. The summed E-state index contributed by atoms with van der Waals surface area (Å²) in [6, 6.07) is 7.96. The third-order valence-electron chi connectivity index (χ3n) is 2.68. The molecular formula is C14H13IOS. The third-order valence-corrected chi connectivity index (χ3v) is 5.27. The number of halogens is 1. The van der Waals surface area contributed by atoms with Gasteiger partial charge in [0, 0.05) is 14.0 Å². The molecule has 1 aromatic heterocycles. The van der Waals surface area contributed by atoms with Gasteiger partial charge in [-0.3, -0.25) is 4.79 Å². The highest BCUT2D eigenvalue weighted by atomic mass is 127. The summed E-state index contributed by atoms with van der Waals surface area (Å²) >= 11 is 3.83. The van der Waals surface area contributed by atoms with Gasteiger partial charge < -0.3 is 0 Å². The number of aryl methyl sites for hydroxylation is 3. The Hall–Kier alpha value is -0.680. The molecule has 0 saturated carbocycles. The van der Waals surface area contributed by atoms with Crippen LogP contribution in [0.1, 0.15) is 31.2 Å². The summed E-state index contributed by atoms with van der Waals surface area (Å²) in [7, 11) is 0. The van der Waals surface area contributed by atoms with Gasteiger partial charge in [-0.25, -0.2) is 0 Å². The minimum atomic E-state index is 0.147. The van der Waals surface area contributed by atoms with Crippen LogP contribution in [0.25, 0.3) is 0 Å². The van der Waals surface area contributed by atoms with E-state index in [1.807, 2.05) is 39.0 Å². The second-order valence-electron chi connectivity index (χ2n) is 4.13. The number of carbonyl (C=O) groups is 1. The Labute approximate surface area is 119 Å². The fraction of sp³-hybridized carbons (Fsp3) is 0.214. The summed E-state index contributed by atoms with van der Waals surface area (Å²) in [6.45, 7) is 6.07. The molecule has 1 aromatic carbocycles. The standard InChI is InChI=1S/C14H13IOS/c1-8-5-4-6-11(12(8)15)13(16)14-9(2)7-10(3)17-14/h4-7H,1-3H3. The van der Waals surface area contributed by atoms with Crippen molar-refractivity contribution in [2.45, 2.75) is 20.8 Å². The molecule has 2 rings (SSSR count). The van der Waals surface area contributed by atoms with Crippen LogP contribution in [0.4, 0.5) is 0 Å². The van der Waals surface area contributed by atoms with E-state index in [-0.39, 0.29) is 5.78 Å². The van der Waals surface area contributed by atoms with Crippen LogP contribution in [0.2, 0.25) is 0 Å². The third kappa shape index (κ3) is 2.45. The lowest BCUT2D eigenvalue weighted by atomic mass is 10.1. The number of carbonyl (C=O) groups excluding carboxylic acids is 1. The molecule has 0 atom stereocenters. The lowest BCUT2D eigenvalue weighted by Gasteiger charge is -2.05. The largest absolute Gasteiger partial charge is 0.288 e. The molecule has 3 heteroatoms. The first kappa shape index (κ1) is 12.8. The second kappa shape index (κ2) is 4.90. The van der Waals surface area contributed by atoms with Gasteiger partial charge in [0.15, 0.2) is 0 Å². The van der Waals surface area contributed by atoms with Crippen LogP contribution in [0.15, 0.2) is 24.3 Å².